The van der Waals surface area contributed by atoms with E-state index < -0.39 is 6.10 Å². The van der Waals surface area contributed by atoms with Crippen LogP contribution in [0.3, 0.4) is 0 Å². The largest absolute Gasteiger partial charge is 0.463 e. The summed E-state index contributed by atoms with van der Waals surface area (Å²) in [6.07, 6.45) is 79.5. The van der Waals surface area contributed by atoms with Gasteiger partial charge in [-0.1, -0.05) is 273 Å². The van der Waals surface area contributed by atoms with E-state index in [1.165, 1.54) is 186 Å². The molecule has 0 aromatic heterocycles. The summed E-state index contributed by atoms with van der Waals surface area (Å²) < 4.78 is 17.5. The molecule has 0 aliphatic rings. The van der Waals surface area contributed by atoms with Gasteiger partial charge in [-0.25, -0.2) is 0 Å². The molecule has 406 valence electrons. The highest BCUT2D eigenvalue weighted by molar-refractivity contribution is 5.69. The Balaban J connectivity index is 4.30. The molecule has 0 rings (SSSR count). The Hall–Kier alpha value is -2.66. The van der Waals surface area contributed by atoms with Crippen LogP contribution in [0.15, 0.2) is 72.9 Å². The normalized spacial score (nSPS) is 12.7. The molecule has 0 bridgehead atoms. The fourth-order valence-corrected chi connectivity index (χ4v) is 8.68. The van der Waals surface area contributed by atoms with Crippen molar-refractivity contribution in [2.24, 2.45) is 0 Å². The molecule has 0 aliphatic heterocycles. The predicted molar refractivity (Wildman–Crippen MR) is 307 cm³/mol. The number of hydrogen-bond acceptors (Lipinski definition) is 5. The Labute approximate surface area is 436 Å². The highest BCUT2D eigenvalue weighted by atomic mass is 16.6. The standard InChI is InChI=1S/C65H116O5/c1-4-7-10-13-16-19-22-25-28-31-33-35-37-40-43-46-49-52-55-58-64(66)69-61-63(68-60-57-54-51-48-45-42-39-30-27-24-21-18-15-12-9-6-3)62-70-65(67)59-56-53-50-47-44-41-38-36-34-32-29-26-23-20-17-14-11-8-5-2/h7,10,16,19,25-26,28-29,33,35,40,43,63H,4-6,8-9,11-15,17-18,20-24,27,30-32,34,36-39,41-42,44-62H2,1-3H3/b10-7-,19-16-,28-25-,29-26-,35-33-,43-40-/t63-/m1/s1. The van der Waals surface area contributed by atoms with Crippen LogP contribution in [0.25, 0.3) is 0 Å². The van der Waals surface area contributed by atoms with Gasteiger partial charge in [-0.15, -0.1) is 0 Å². The number of hydrogen-bond donors (Lipinski definition) is 0. The Morgan fingerprint density at radius 1 is 0.314 bits per heavy atom. The molecule has 0 saturated heterocycles. The molecule has 70 heavy (non-hydrogen) atoms. The first-order valence-corrected chi connectivity index (χ1v) is 30.5. The zero-order valence-corrected chi connectivity index (χ0v) is 46.8. The molecule has 0 radical (unpaired) electrons. The van der Waals surface area contributed by atoms with Crippen LogP contribution in [0, 0.1) is 0 Å². The molecule has 0 amide bonds. The van der Waals surface area contributed by atoms with Gasteiger partial charge in [-0.05, 0) is 89.9 Å². The van der Waals surface area contributed by atoms with Crippen LogP contribution in [-0.2, 0) is 23.8 Å². The van der Waals surface area contributed by atoms with Gasteiger partial charge >= 0.3 is 11.9 Å². The maximum Gasteiger partial charge on any atom is 0.305 e. The minimum absolute atomic E-state index is 0.140. The maximum absolute atomic E-state index is 12.7. The van der Waals surface area contributed by atoms with Gasteiger partial charge in [-0.3, -0.25) is 9.59 Å². The molecule has 0 aliphatic carbocycles. The van der Waals surface area contributed by atoms with Crippen LogP contribution < -0.4 is 0 Å². The third kappa shape index (κ3) is 57.9. The number of esters is 2. The van der Waals surface area contributed by atoms with E-state index in [-0.39, 0.29) is 25.2 Å². The highest BCUT2D eigenvalue weighted by Crippen LogP contribution is 2.16. The third-order valence-corrected chi connectivity index (χ3v) is 13.3. The van der Waals surface area contributed by atoms with Gasteiger partial charge in [0.25, 0.3) is 0 Å². The summed E-state index contributed by atoms with van der Waals surface area (Å²) in [5.74, 6) is -0.362. The van der Waals surface area contributed by atoms with E-state index in [0.29, 0.717) is 19.4 Å². The van der Waals surface area contributed by atoms with Gasteiger partial charge in [0.15, 0.2) is 0 Å². The molecule has 5 nitrogen and oxygen atoms in total. The number of allylic oxidation sites excluding steroid dienone is 12. The summed E-state index contributed by atoms with van der Waals surface area (Å²) in [7, 11) is 0. The van der Waals surface area contributed by atoms with Crippen molar-refractivity contribution in [3.05, 3.63) is 72.9 Å². The van der Waals surface area contributed by atoms with Gasteiger partial charge in [0, 0.05) is 19.4 Å². The Kier molecular flexibility index (Phi) is 58.3. The van der Waals surface area contributed by atoms with Crippen LogP contribution in [0.4, 0.5) is 0 Å². The molecule has 1 atom stereocenters. The second kappa shape index (κ2) is 60.6. The van der Waals surface area contributed by atoms with E-state index in [1.807, 2.05) is 0 Å². The number of unbranched alkanes of at least 4 members (excludes halogenated alkanes) is 33. The lowest BCUT2D eigenvalue weighted by Gasteiger charge is -2.18. The molecule has 0 spiro atoms. The Bertz CT molecular complexity index is 1240. The number of carbonyl (C=O) groups is 2. The van der Waals surface area contributed by atoms with Crippen molar-refractivity contribution in [1.29, 1.82) is 0 Å². The average molecular weight is 978 g/mol. The van der Waals surface area contributed by atoms with E-state index in [0.717, 1.165) is 83.5 Å². The maximum atomic E-state index is 12.7. The molecule has 5 heteroatoms. The number of carbonyl (C=O) groups excluding carboxylic acids is 2. The molecule has 0 aromatic carbocycles. The van der Waals surface area contributed by atoms with E-state index in [2.05, 4.69) is 93.7 Å². The van der Waals surface area contributed by atoms with Crippen LogP contribution in [0.1, 0.15) is 303 Å². The molecule has 0 heterocycles. The van der Waals surface area contributed by atoms with E-state index in [4.69, 9.17) is 14.2 Å². The van der Waals surface area contributed by atoms with Crippen LogP contribution in [0.2, 0.25) is 0 Å². The van der Waals surface area contributed by atoms with Gasteiger partial charge in [-0.2, -0.15) is 0 Å². The second-order valence-corrected chi connectivity index (χ2v) is 20.2. The Morgan fingerprint density at radius 3 is 0.943 bits per heavy atom. The first-order valence-electron chi connectivity index (χ1n) is 30.5. The summed E-state index contributed by atoms with van der Waals surface area (Å²) in [4.78, 5) is 25.4. The van der Waals surface area contributed by atoms with Gasteiger partial charge < -0.3 is 14.2 Å². The lowest BCUT2D eigenvalue weighted by molar-refractivity contribution is -0.155. The van der Waals surface area contributed by atoms with Gasteiger partial charge in [0.1, 0.15) is 19.3 Å². The SMILES string of the molecule is CC/C=C\C/C=C\C/C=C\C/C=C\C/C=C\CCCCCC(=O)OC[C@H](COC(=O)CCCCCCCCCCC/C=C\CCCCCCCC)OCCCCCCCCCCCCCCCCCC. The number of rotatable bonds is 56. The summed E-state index contributed by atoms with van der Waals surface area (Å²) in [6.45, 7) is 7.62. The fourth-order valence-electron chi connectivity index (χ4n) is 8.68. The van der Waals surface area contributed by atoms with E-state index in [1.54, 1.807) is 0 Å². The molecule has 0 unspecified atom stereocenters. The topological polar surface area (TPSA) is 61.8 Å². The van der Waals surface area contributed by atoms with Crippen molar-refractivity contribution in [3.8, 4) is 0 Å². The van der Waals surface area contributed by atoms with Gasteiger partial charge in [0.2, 0.25) is 0 Å². The smallest absolute Gasteiger partial charge is 0.305 e. The van der Waals surface area contributed by atoms with Crippen LogP contribution >= 0.6 is 0 Å². The molecule has 0 saturated carbocycles. The monoisotopic (exact) mass is 977 g/mol. The molecular weight excluding hydrogens is 861 g/mol. The van der Waals surface area contributed by atoms with E-state index >= 15 is 0 Å². The molecule has 0 fully saturated rings. The summed E-state index contributed by atoms with van der Waals surface area (Å²) >= 11 is 0. The molecule has 0 aromatic rings. The lowest BCUT2D eigenvalue weighted by atomic mass is 10.0. The Morgan fingerprint density at radius 2 is 0.586 bits per heavy atom. The second-order valence-electron chi connectivity index (χ2n) is 20.2. The third-order valence-electron chi connectivity index (χ3n) is 13.3. The number of ether oxygens (including phenoxy) is 3. The minimum atomic E-state index is -0.416. The summed E-state index contributed by atoms with van der Waals surface area (Å²) in [5.41, 5.74) is 0. The highest BCUT2D eigenvalue weighted by Gasteiger charge is 2.16. The zero-order chi connectivity index (χ0) is 50.6. The minimum Gasteiger partial charge on any atom is -0.463 e. The van der Waals surface area contributed by atoms with Crippen LogP contribution in [0.5, 0.6) is 0 Å². The zero-order valence-electron chi connectivity index (χ0n) is 46.8. The van der Waals surface area contributed by atoms with Crippen molar-refractivity contribution in [2.75, 3.05) is 19.8 Å². The van der Waals surface area contributed by atoms with Crippen molar-refractivity contribution in [1.82, 2.24) is 0 Å². The van der Waals surface area contributed by atoms with Crippen molar-refractivity contribution in [2.45, 2.75) is 309 Å². The molecular formula is C65H116O5. The van der Waals surface area contributed by atoms with Crippen LogP contribution in [-0.4, -0.2) is 37.9 Å². The first-order chi connectivity index (χ1) is 34.6. The average Bonchev–Trinajstić information content (AvgIpc) is 3.36. The summed E-state index contributed by atoms with van der Waals surface area (Å²) in [6, 6.07) is 0. The van der Waals surface area contributed by atoms with Crippen molar-refractivity contribution < 1.29 is 23.8 Å². The quantitative estimate of drug-likeness (QED) is 0.0345. The predicted octanol–water partition coefficient (Wildman–Crippen LogP) is 21.0. The fraction of sp³-hybridized carbons (Fsp3) is 0.785. The first kappa shape index (κ1) is 67.3. The van der Waals surface area contributed by atoms with Gasteiger partial charge in [0.05, 0.1) is 0 Å². The lowest BCUT2D eigenvalue weighted by Crippen LogP contribution is -2.29. The van der Waals surface area contributed by atoms with E-state index in [9.17, 15) is 9.59 Å². The molecule has 0 N–H and O–H groups in total. The van der Waals surface area contributed by atoms with Crippen molar-refractivity contribution >= 4 is 11.9 Å². The van der Waals surface area contributed by atoms with Crippen molar-refractivity contribution in [3.63, 3.8) is 0 Å². The summed E-state index contributed by atoms with van der Waals surface area (Å²) in [5, 5.41) is 0.